The molecule has 3 unspecified atom stereocenters. The van der Waals surface area contributed by atoms with Gasteiger partial charge in [-0.3, -0.25) is 19.3 Å². The molecule has 1 amide bonds. The Hall–Kier alpha value is -5.95. The van der Waals surface area contributed by atoms with E-state index in [1.54, 1.807) is 25.4 Å². The summed E-state index contributed by atoms with van der Waals surface area (Å²) in [5.74, 6) is 1.83. The molecule has 2 aliphatic heterocycles. The largest absolute Gasteiger partial charge is 0.629 e. The van der Waals surface area contributed by atoms with E-state index in [0.29, 0.717) is 64.6 Å². The minimum Gasteiger partial charge on any atom is -0.629 e. The number of carbonyl (C=O) groups is 1. The zero-order chi connectivity index (χ0) is 52.9. The van der Waals surface area contributed by atoms with Crippen LogP contribution < -0.4 is 34.2 Å². The van der Waals surface area contributed by atoms with Crippen LogP contribution in [0.4, 0.5) is 21.6 Å². The number of rotatable bonds is 17. The van der Waals surface area contributed by atoms with Crippen LogP contribution in [0.3, 0.4) is 0 Å². The van der Waals surface area contributed by atoms with Gasteiger partial charge in [0.1, 0.15) is 23.0 Å². The van der Waals surface area contributed by atoms with E-state index in [0.717, 1.165) is 88.1 Å². The number of carbonyl (C=O) groups excluding carboxylic acids is 1. The number of aromatic amines is 1. The third-order valence-electron chi connectivity index (χ3n) is 17.2. The Balaban J connectivity index is 0.788. The predicted octanol–water partition coefficient (Wildman–Crippen LogP) is 9.91. The Morgan fingerprint density at radius 1 is 0.987 bits per heavy atom. The maximum absolute atomic E-state index is 14.9. The summed E-state index contributed by atoms with van der Waals surface area (Å²) in [6, 6.07) is 28.6. The summed E-state index contributed by atoms with van der Waals surface area (Å²) in [4.78, 5) is 34.8. The number of fused-ring (bicyclic) bond motifs is 2. The molecule has 3 saturated carbocycles. The zero-order valence-corrected chi connectivity index (χ0v) is 45.4. The Morgan fingerprint density at radius 3 is 2.47 bits per heavy atom. The Labute approximate surface area is 449 Å². The van der Waals surface area contributed by atoms with E-state index in [4.69, 9.17) is 14.2 Å². The summed E-state index contributed by atoms with van der Waals surface area (Å²) in [7, 11) is 4.69. The van der Waals surface area contributed by atoms with Crippen molar-refractivity contribution in [3.05, 3.63) is 125 Å². The van der Waals surface area contributed by atoms with Gasteiger partial charge in [-0.2, -0.15) is 4.98 Å². The van der Waals surface area contributed by atoms with E-state index in [-0.39, 0.29) is 38.8 Å². The molecule has 5 heterocycles. The number of amides is 1. The van der Waals surface area contributed by atoms with E-state index in [9.17, 15) is 19.5 Å². The Bertz CT molecular complexity index is 3040. The predicted molar refractivity (Wildman–Crippen MR) is 295 cm³/mol. The number of hydrogen-bond donors (Lipinski definition) is 5. The van der Waals surface area contributed by atoms with Crippen molar-refractivity contribution in [2.75, 3.05) is 57.7 Å². The van der Waals surface area contributed by atoms with Crippen molar-refractivity contribution in [2.24, 2.45) is 11.3 Å². The third-order valence-corrected chi connectivity index (χ3v) is 18.0. The minimum atomic E-state index is -0.624. The highest BCUT2D eigenvalue weighted by atomic mass is 32.2. The Morgan fingerprint density at radius 2 is 1.75 bits per heavy atom. The van der Waals surface area contributed by atoms with Crippen molar-refractivity contribution in [1.82, 2.24) is 29.5 Å². The van der Waals surface area contributed by atoms with Crippen LogP contribution in [0.1, 0.15) is 118 Å². The fraction of sp³-hybridized carbons (Fsp3) is 0.475. The van der Waals surface area contributed by atoms with Gasteiger partial charge in [-0.15, -0.1) is 0 Å². The number of quaternary nitrogens is 1. The molecular formula is C59H72FN9O6S. The number of ether oxygens (including phenoxy) is 3. The number of pyridine rings is 2. The summed E-state index contributed by atoms with van der Waals surface area (Å²) >= 11 is 1.06. The lowest BCUT2D eigenvalue weighted by molar-refractivity contribution is -0.751. The van der Waals surface area contributed by atoms with Gasteiger partial charge in [0.15, 0.2) is 17.3 Å². The van der Waals surface area contributed by atoms with Gasteiger partial charge in [-0.05, 0) is 135 Å². The first-order chi connectivity index (χ1) is 36.7. The molecule has 3 aromatic heterocycles. The van der Waals surface area contributed by atoms with Gasteiger partial charge in [-0.1, -0.05) is 50.2 Å². The maximum atomic E-state index is 14.9. The van der Waals surface area contributed by atoms with Crippen LogP contribution in [0.2, 0.25) is 0 Å². The highest BCUT2D eigenvalue weighted by Crippen LogP contribution is 2.57. The topological polar surface area (TPSA) is 168 Å². The number of anilines is 2. The second-order valence-corrected chi connectivity index (χ2v) is 23.6. The summed E-state index contributed by atoms with van der Waals surface area (Å²) in [5.41, 5.74) is 5.80. The first kappa shape index (κ1) is 52.1. The number of nitrogens with one attached hydrogen (secondary N) is 4. The van der Waals surface area contributed by atoms with Gasteiger partial charge in [0.2, 0.25) is 0 Å². The van der Waals surface area contributed by atoms with Crippen LogP contribution in [0, 0.1) is 22.4 Å². The molecule has 11 rings (SSSR count). The van der Waals surface area contributed by atoms with Crippen molar-refractivity contribution in [1.29, 1.82) is 0 Å². The molecule has 3 aromatic carbocycles. The standard InChI is InChI=1S/C59H72FN9O6S/c1-36(2)43-9-7-8-10-44(43)51-35-68(34-38-11-14-41(73-5)15-12-38)48-28-49(48)69(51)40-29-59(30-40)21-23-67(24-22-59)39-13-16-45(52(25-39)75-53-27-46-47(60)33-63-54(46)64-57(53)74-6)56(70)65-76-42-26-50(66(4)72)55(62-32-42)61-31-37-17-19-58(3,71)20-18-37/h7-16,25-27,32-33,36-37,40,48-49,51,66,71H,17-24,28-31,34-35H2,1-6H3,(H,61,62)(H,63,64)(H,65,70)/t37-,48?,49?,51-,58-/m0/s1. The monoisotopic (exact) mass is 1050 g/mol. The maximum Gasteiger partial charge on any atom is 0.265 e. The van der Waals surface area contributed by atoms with E-state index in [1.165, 1.54) is 62.4 Å². The van der Waals surface area contributed by atoms with Crippen molar-refractivity contribution in [2.45, 2.75) is 126 Å². The summed E-state index contributed by atoms with van der Waals surface area (Å²) in [6.45, 7) is 10.8. The number of aromatic nitrogens is 3. The lowest BCUT2D eigenvalue weighted by atomic mass is 9.59. The molecule has 15 nitrogen and oxygen atoms in total. The van der Waals surface area contributed by atoms with Gasteiger partial charge < -0.3 is 44.8 Å². The van der Waals surface area contributed by atoms with Crippen molar-refractivity contribution >= 4 is 46.1 Å². The number of benzene rings is 3. The summed E-state index contributed by atoms with van der Waals surface area (Å²) in [5, 5.41) is 26.7. The molecule has 1 spiro atoms. The van der Waals surface area contributed by atoms with Crippen LogP contribution in [-0.4, -0.2) is 107 Å². The number of piperazine rings is 1. The first-order valence-electron chi connectivity index (χ1n) is 27.1. The van der Waals surface area contributed by atoms with Crippen LogP contribution >= 0.6 is 11.9 Å². The van der Waals surface area contributed by atoms with Crippen LogP contribution in [0.5, 0.6) is 23.1 Å². The fourth-order valence-electron chi connectivity index (χ4n) is 12.7. The van der Waals surface area contributed by atoms with Gasteiger partial charge >= 0.3 is 0 Å². The smallest absolute Gasteiger partial charge is 0.265 e. The van der Waals surface area contributed by atoms with E-state index >= 15 is 0 Å². The highest BCUT2D eigenvalue weighted by molar-refractivity contribution is 7.98. The van der Waals surface area contributed by atoms with E-state index < -0.39 is 17.3 Å². The molecule has 5 aliphatic rings. The average molecular weight is 1050 g/mol. The van der Waals surface area contributed by atoms with Crippen molar-refractivity contribution in [3.8, 4) is 23.1 Å². The van der Waals surface area contributed by atoms with Gasteiger partial charge in [-0.25, -0.2) is 9.37 Å². The van der Waals surface area contributed by atoms with Crippen LogP contribution in [0.15, 0.2) is 96.2 Å². The lowest BCUT2D eigenvalue weighted by Gasteiger charge is -2.58. The number of piperidine rings is 1. The molecule has 76 heavy (non-hydrogen) atoms. The number of H-pyrrole nitrogens is 1. The van der Waals surface area contributed by atoms with Crippen LogP contribution in [0.25, 0.3) is 11.0 Å². The zero-order valence-electron chi connectivity index (χ0n) is 44.5. The normalized spacial score (nSPS) is 24.0. The van der Waals surface area contributed by atoms with Crippen molar-refractivity contribution < 1.29 is 33.6 Å². The molecular weight excluding hydrogens is 982 g/mol. The van der Waals surface area contributed by atoms with Crippen LogP contribution in [-0.2, 0) is 6.54 Å². The second-order valence-electron chi connectivity index (χ2n) is 22.7. The van der Waals surface area contributed by atoms with E-state index in [1.807, 2.05) is 19.1 Å². The minimum absolute atomic E-state index is 0.137. The number of aliphatic hydroxyl groups is 1. The number of halogens is 1. The van der Waals surface area contributed by atoms with Gasteiger partial charge in [0.25, 0.3) is 11.8 Å². The average Bonchev–Trinajstić information content (AvgIpc) is 4.18. The lowest BCUT2D eigenvalue weighted by Crippen LogP contribution is -2.98. The quantitative estimate of drug-likeness (QED) is 0.0433. The number of methoxy groups -OCH3 is 2. The number of hydrogen-bond acceptors (Lipinski definition) is 13. The van der Waals surface area contributed by atoms with Crippen molar-refractivity contribution in [3.63, 3.8) is 0 Å². The molecule has 2 saturated heterocycles. The third kappa shape index (κ3) is 10.8. The molecule has 402 valence electrons. The molecule has 0 radical (unpaired) electrons. The molecule has 3 aliphatic carbocycles. The molecule has 6 aromatic rings. The highest BCUT2D eigenvalue weighted by Gasteiger charge is 2.59. The summed E-state index contributed by atoms with van der Waals surface area (Å²) < 4.78 is 35.5. The number of hydroxylamine groups is 1. The summed E-state index contributed by atoms with van der Waals surface area (Å²) in [6.07, 6.45) is 11.8. The Kier molecular flexibility index (Phi) is 14.7. The molecule has 5 N–H and O–H groups in total. The molecule has 0 bridgehead atoms. The first-order valence-corrected chi connectivity index (χ1v) is 27.9. The number of nitrogens with zero attached hydrogens (tertiary/aromatic N) is 5. The molecule has 5 fully saturated rings. The SMILES string of the molecule is COc1ccc(CN2C[C@@H](c3ccccc3C(C)C)N(C3CC4(CCN(c5ccc(C(=O)NSc6cnc(NC[C@H]7CC[C@](C)(O)CC7)c([NH+](C)[O-])c6)c(Oc6cc7c(F)c[nH]c7nc6OC)c5)CC4)C3)C3CC32)cc1. The fourth-order valence-corrected chi connectivity index (χ4v) is 13.3. The van der Waals surface area contributed by atoms with Gasteiger partial charge in [0.05, 0.1) is 42.7 Å². The van der Waals surface area contributed by atoms with E-state index in [2.05, 4.69) is 102 Å². The molecule has 4 atom stereocenters. The second kappa shape index (κ2) is 21.5. The molecule has 17 heteroatoms. The van der Waals surface area contributed by atoms with Gasteiger partial charge in [0, 0.05) is 93.2 Å².